The van der Waals surface area contributed by atoms with E-state index in [1.165, 1.54) is 6.07 Å². The maximum atomic E-state index is 13.2. The van der Waals surface area contributed by atoms with E-state index in [0.29, 0.717) is 0 Å². The number of Topliss-reactive ketones (excluding diaryl/α,β-unsaturated/α-hetero) is 1. The van der Waals surface area contributed by atoms with E-state index in [4.69, 9.17) is 16.9 Å². The molecule has 0 aliphatic rings. The third-order valence-corrected chi connectivity index (χ3v) is 1.85. The van der Waals surface area contributed by atoms with E-state index in [0.717, 1.165) is 12.1 Å². The largest absolute Gasteiger partial charge is 0.293 e. The van der Waals surface area contributed by atoms with Gasteiger partial charge in [-0.15, -0.1) is 11.6 Å². The first kappa shape index (κ1) is 10.6. The Morgan fingerprint density at radius 2 is 2.14 bits per heavy atom. The Hall–Kier alpha value is -1.47. The number of nitrogens with zero attached hydrogens (tertiary/aromatic N) is 1. The van der Waals surface area contributed by atoms with Crippen LogP contribution in [0.2, 0.25) is 0 Å². The van der Waals surface area contributed by atoms with Crippen molar-refractivity contribution in [3.05, 3.63) is 34.9 Å². The average molecular weight is 216 g/mol. The van der Waals surface area contributed by atoms with E-state index in [2.05, 4.69) is 0 Å². The molecular formula is C9H4ClF2NO. The second kappa shape index (κ2) is 4.16. The van der Waals surface area contributed by atoms with Crippen LogP contribution in [0.25, 0.3) is 0 Å². The highest BCUT2D eigenvalue weighted by Gasteiger charge is 2.19. The predicted molar refractivity (Wildman–Crippen MR) is 46.1 cm³/mol. The zero-order valence-electron chi connectivity index (χ0n) is 6.85. The van der Waals surface area contributed by atoms with Crippen molar-refractivity contribution in [1.29, 1.82) is 5.26 Å². The number of hydrogen-bond donors (Lipinski definition) is 0. The van der Waals surface area contributed by atoms with Gasteiger partial charge in [0, 0.05) is 0 Å². The van der Waals surface area contributed by atoms with Crippen molar-refractivity contribution in [2.45, 2.75) is 0 Å². The molecule has 1 aromatic rings. The summed E-state index contributed by atoms with van der Waals surface area (Å²) in [5, 5.41) is 8.43. The summed E-state index contributed by atoms with van der Waals surface area (Å²) in [6.07, 6.45) is 0. The van der Waals surface area contributed by atoms with Gasteiger partial charge in [-0.3, -0.25) is 4.79 Å². The number of alkyl halides is 1. The molecule has 2 nitrogen and oxygen atoms in total. The molecular weight excluding hydrogens is 212 g/mol. The predicted octanol–water partition coefficient (Wildman–Crippen LogP) is 2.26. The summed E-state index contributed by atoms with van der Waals surface area (Å²) in [4.78, 5) is 11.0. The van der Waals surface area contributed by atoms with Crippen molar-refractivity contribution in [3.63, 3.8) is 0 Å². The minimum atomic E-state index is -1.15. The Morgan fingerprint density at radius 1 is 1.50 bits per heavy atom. The van der Waals surface area contributed by atoms with Crippen molar-refractivity contribution in [3.8, 4) is 6.07 Å². The fraction of sp³-hybridized carbons (Fsp3) is 0.111. The molecule has 1 rings (SSSR count). The lowest BCUT2D eigenvalue weighted by atomic mass is 10.1. The van der Waals surface area contributed by atoms with E-state index < -0.39 is 28.9 Å². The fourth-order valence-electron chi connectivity index (χ4n) is 0.961. The maximum absolute atomic E-state index is 13.2. The molecule has 0 spiro atoms. The van der Waals surface area contributed by atoms with Gasteiger partial charge in [-0.2, -0.15) is 5.26 Å². The van der Waals surface area contributed by atoms with Crippen molar-refractivity contribution in [2.24, 2.45) is 0 Å². The lowest BCUT2D eigenvalue weighted by Crippen LogP contribution is -2.08. The van der Waals surface area contributed by atoms with Crippen LogP contribution in [0.4, 0.5) is 8.78 Å². The average Bonchev–Trinajstić information content (AvgIpc) is 2.18. The first-order valence-corrected chi connectivity index (χ1v) is 4.12. The third kappa shape index (κ3) is 1.73. The highest BCUT2D eigenvalue weighted by molar-refractivity contribution is 6.30. The van der Waals surface area contributed by atoms with Crippen LogP contribution in [0.1, 0.15) is 15.9 Å². The summed E-state index contributed by atoms with van der Waals surface area (Å²) in [6, 6.07) is 3.34. The number of nitriles is 1. The molecule has 0 heterocycles. The van der Waals surface area contributed by atoms with E-state index in [1.54, 1.807) is 0 Å². The molecule has 0 N–H and O–H groups in total. The number of ketones is 1. The van der Waals surface area contributed by atoms with Gasteiger partial charge in [-0.05, 0) is 12.1 Å². The summed E-state index contributed by atoms with van der Waals surface area (Å²) in [5.41, 5.74) is -1.13. The summed E-state index contributed by atoms with van der Waals surface area (Å²) in [6.45, 7) is 0. The lowest BCUT2D eigenvalue weighted by molar-refractivity contribution is 0.101. The van der Waals surface area contributed by atoms with Crippen molar-refractivity contribution >= 4 is 17.4 Å². The second-order valence-electron chi connectivity index (χ2n) is 2.45. The van der Waals surface area contributed by atoms with E-state index in [9.17, 15) is 13.6 Å². The molecule has 0 unspecified atom stereocenters. The fourth-order valence-corrected chi connectivity index (χ4v) is 1.09. The van der Waals surface area contributed by atoms with Crippen LogP contribution in [0.5, 0.6) is 0 Å². The van der Waals surface area contributed by atoms with Crippen molar-refractivity contribution in [1.82, 2.24) is 0 Å². The molecule has 72 valence electrons. The Morgan fingerprint density at radius 3 is 2.64 bits per heavy atom. The molecule has 1 aromatic carbocycles. The molecule has 0 aliphatic carbocycles. The molecule has 0 fully saturated rings. The summed E-state index contributed by atoms with van der Waals surface area (Å²) in [5.74, 6) is -3.56. The second-order valence-corrected chi connectivity index (χ2v) is 2.72. The molecule has 0 aromatic heterocycles. The Labute approximate surface area is 83.7 Å². The molecule has 0 radical (unpaired) electrons. The third-order valence-electron chi connectivity index (χ3n) is 1.61. The number of carbonyl (C=O) groups excluding carboxylic acids is 1. The maximum Gasteiger partial charge on any atom is 0.183 e. The minimum absolute atomic E-state index is 0.375. The molecule has 14 heavy (non-hydrogen) atoms. The van der Waals surface area contributed by atoms with Gasteiger partial charge >= 0.3 is 0 Å². The van der Waals surface area contributed by atoms with Crippen LogP contribution in [-0.4, -0.2) is 11.7 Å². The number of benzene rings is 1. The zero-order valence-corrected chi connectivity index (χ0v) is 7.61. The van der Waals surface area contributed by atoms with Gasteiger partial charge in [0.15, 0.2) is 11.6 Å². The molecule has 5 heteroatoms. The SMILES string of the molecule is N#Cc1ccc(F)c(C(=O)CCl)c1F. The minimum Gasteiger partial charge on any atom is -0.293 e. The molecule has 0 saturated heterocycles. The van der Waals surface area contributed by atoms with E-state index in [1.807, 2.05) is 0 Å². The molecule has 0 atom stereocenters. The number of halogens is 3. The number of hydrogen-bond acceptors (Lipinski definition) is 2. The smallest absolute Gasteiger partial charge is 0.183 e. The molecule has 0 aliphatic heterocycles. The van der Waals surface area contributed by atoms with Crippen LogP contribution >= 0.6 is 11.6 Å². The topological polar surface area (TPSA) is 40.9 Å². The number of rotatable bonds is 2. The number of carbonyl (C=O) groups is 1. The van der Waals surface area contributed by atoms with Gasteiger partial charge in [0.1, 0.15) is 11.9 Å². The monoisotopic (exact) mass is 215 g/mol. The highest BCUT2D eigenvalue weighted by Crippen LogP contribution is 2.17. The van der Waals surface area contributed by atoms with E-state index >= 15 is 0 Å². The van der Waals surface area contributed by atoms with Gasteiger partial charge in [-0.25, -0.2) is 8.78 Å². The summed E-state index contributed by atoms with van der Waals surface area (Å²) < 4.78 is 26.2. The molecule has 0 saturated carbocycles. The van der Waals surface area contributed by atoms with Gasteiger partial charge in [0.05, 0.1) is 17.0 Å². The zero-order chi connectivity index (χ0) is 10.7. The highest BCUT2D eigenvalue weighted by atomic mass is 35.5. The normalized spacial score (nSPS) is 9.57. The Bertz CT molecular complexity index is 426. The van der Waals surface area contributed by atoms with Gasteiger partial charge < -0.3 is 0 Å². The summed E-state index contributed by atoms with van der Waals surface area (Å²) >= 11 is 5.16. The Balaban J connectivity index is 3.42. The lowest BCUT2D eigenvalue weighted by Gasteiger charge is -2.02. The van der Waals surface area contributed by atoms with Gasteiger partial charge in [0.25, 0.3) is 0 Å². The van der Waals surface area contributed by atoms with Crippen LogP contribution in [0, 0.1) is 23.0 Å². The van der Waals surface area contributed by atoms with Crippen LogP contribution in [0.3, 0.4) is 0 Å². The van der Waals surface area contributed by atoms with Crippen LogP contribution in [-0.2, 0) is 0 Å². The van der Waals surface area contributed by atoms with Gasteiger partial charge in [-0.1, -0.05) is 0 Å². The molecule has 0 bridgehead atoms. The van der Waals surface area contributed by atoms with Crippen LogP contribution < -0.4 is 0 Å². The Kier molecular flexibility index (Phi) is 3.15. The van der Waals surface area contributed by atoms with Crippen molar-refractivity contribution in [2.75, 3.05) is 5.88 Å². The van der Waals surface area contributed by atoms with E-state index in [-0.39, 0.29) is 5.56 Å². The quantitative estimate of drug-likeness (QED) is 0.561. The van der Waals surface area contributed by atoms with Gasteiger partial charge in [0.2, 0.25) is 0 Å². The molecule has 0 amide bonds. The summed E-state index contributed by atoms with van der Waals surface area (Å²) in [7, 11) is 0. The standard InChI is InChI=1S/C9H4ClF2NO/c10-3-7(14)8-6(11)2-1-5(4-13)9(8)12/h1-2H,3H2. The van der Waals surface area contributed by atoms with Crippen LogP contribution in [0.15, 0.2) is 12.1 Å². The first-order chi connectivity index (χ1) is 6.61. The van der Waals surface area contributed by atoms with Crippen molar-refractivity contribution < 1.29 is 13.6 Å². The first-order valence-electron chi connectivity index (χ1n) is 3.59.